The van der Waals surface area contributed by atoms with E-state index >= 15 is 0 Å². The molecule has 242 valence electrons. The highest BCUT2D eigenvalue weighted by molar-refractivity contribution is 7.86. The van der Waals surface area contributed by atoms with Crippen LogP contribution in [0.3, 0.4) is 0 Å². The Morgan fingerprint density at radius 3 is 1.19 bits per heavy atom. The average molecular weight is 681 g/mol. The molecule has 0 aliphatic heterocycles. The van der Waals surface area contributed by atoms with Crippen LogP contribution in [0.1, 0.15) is 11.1 Å². The molecule has 6 rings (SSSR count). The van der Waals surface area contributed by atoms with Gasteiger partial charge in [0.15, 0.2) is 0 Å². The molecular formula is C34H28N6O6S2. The van der Waals surface area contributed by atoms with Crippen LogP contribution in [-0.4, -0.2) is 25.9 Å². The minimum absolute atomic E-state index is 0.0458. The van der Waals surface area contributed by atoms with Gasteiger partial charge < -0.3 is 11.5 Å². The summed E-state index contributed by atoms with van der Waals surface area (Å²) in [5, 5.41) is 8.59. The Labute approximate surface area is 275 Å². The van der Waals surface area contributed by atoms with Crippen molar-refractivity contribution in [3.8, 4) is 33.4 Å². The largest absolute Gasteiger partial charge is 0.396 e. The fourth-order valence-corrected chi connectivity index (χ4v) is 8.16. The van der Waals surface area contributed by atoms with Gasteiger partial charge in [-0.2, -0.15) is 27.1 Å². The van der Waals surface area contributed by atoms with Gasteiger partial charge in [-0.25, -0.2) is 11.1 Å². The number of nitrogens with zero attached hydrogens (tertiary/aromatic N) is 2. The van der Waals surface area contributed by atoms with Crippen molar-refractivity contribution in [1.29, 1.82) is 11.1 Å². The summed E-state index contributed by atoms with van der Waals surface area (Å²) in [5.74, 6) is 0. The van der Waals surface area contributed by atoms with Crippen LogP contribution in [0.2, 0.25) is 0 Å². The van der Waals surface area contributed by atoms with Crippen molar-refractivity contribution >= 4 is 64.5 Å². The molecule has 8 N–H and O–H groups in total. The van der Waals surface area contributed by atoms with Crippen molar-refractivity contribution in [2.45, 2.75) is 23.6 Å². The van der Waals surface area contributed by atoms with E-state index in [-0.39, 0.29) is 33.9 Å². The Hall–Kier alpha value is -5.54. The van der Waals surface area contributed by atoms with E-state index in [0.717, 1.165) is 22.3 Å². The van der Waals surface area contributed by atoms with E-state index in [1.165, 1.54) is 0 Å². The van der Waals surface area contributed by atoms with E-state index in [2.05, 4.69) is 10.2 Å². The van der Waals surface area contributed by atoms with Crippen LogP contribution < -0.4 is 11.5 Å². The van der Waals surface area contributed by atoms with E-state index in [9.17, 15) is 25.9 Å². The Bertz CT molecular complexity index is 2420. The molecular weight excluding hydrogens is 653 g/mol. The van der Waals surface area contributed by atoms with Crippen molar-refractivity contribution < 1.29 is 25.9 Å². The average Bonchev–Trinajstić information content (AvgIpc) is 3.04. The highest BCUT2D eigenvalue weighted by atomic mass is 32.2. The molecule has 0 spiro atoms. The maximum atomic E-state index is 12.7. The van der Waals surface area contributed by atoms with Crippen LogP contribution in [0, 0.1) is 24.9 Å². The predicted octanol–water partition coefficient (Wildman–Crippen LogP) is 8.59. The van der Waals surface area contributed by atoms with E-state index in [1.54, 1.807) is 84.9 Å². The van der Waals surface area contributed by atoms with E-state index in [4.69, 9.17) is 22.5 Å². The Morgan fingerprint density at radius 2 is 0.896 bits per heavy atom. The number of nitrogens with two attached hydrogens (primary N) is 2. The summed E-state index contributed by atoms with van der Waals surface area (Å²) in [7, 11) is -9.74. The van der Waals surface area contributed by atoms with Gasteiger partial charge in [-0.15, -0.1) is 0 Å². The first kappa shape index (κ1) is 32.4. The molecule has 6 aromatic carbocycles. The number of aryl methyl sites for hydroxylation is 2. The summed E-state index contributed by atoms with van der Waals surface area (Å²) in [4.78, 5) is -1.13. The fourth-order valence-electron chi connectivity index (χ4n) is 6.39. The van der Waals surface area contributed by atoms with Crippen LogP contribution in [0.25, 0.3) is 54.9 Å². The molecule has 0 atom stereocenters. The van der Waals surface area contributed by atoms with Crippen molar-refractivity contribution in [3.63, 3.8) is 0 Å². The molecule has 0 heterocycles. The van der Waals surface area contributed by atoms with Crippen molar-refractivity contribution in [3.05, 3.63) is 96.1 Å². The Morgan fingerprint density at radius 1 is 0.562 bits per heavy atom. The van der Waals surface area contributed by atoms with E-state index in [0.29, 0.717) is 32.7 Å². The van der Waals surface area contributed by atoms with Gasteiger partial charge in [-0.05, 0) is 58.0 Å². The quantitative estimate of drug-likeness (QED) is 0.0541. The zero-order chi connectivity index (χ0) is 34.7. The first-order valence-electron chi connectivity index (χ1n) is 14.3. The summed E-state index contributed by atoms with van der Waals surface area (Å²) in [5.41, 5.74) is 31.1. The summed E-state index contributed by atoms with van der Waals surface area (Å²) in [6.45, 7) is 3.67. The third kappa shape index (κ3) is 5.16. The molecule has 0 aromatic heterocycles. The summed E-state index contributed by atoms with van der Waals surface area (Å²) in [6, 6.07) is 24.1. The van der Waals surface area contributed by atoms with Gasteiger partial charge >= 0.3 is 0 Å². The number of nitrogens with one attached hydrogen (secondary N) is 2. The lowest BCUT2D eigenvalue weighted by Gasteiger charge is -2.19. The number of nitrogen functional groups attached to an aromatic ring is 2. The Kier molecular flexibility index (Phi) is 7.84. The fraction of sp³-hybridized carbons (Fsp3) is 0.0588. The molecule has 0 amide bonds. The third-order valence-corrected chi connectivity index (χ3v) is 10.3. The second-order valence-corrected chi connectivity index (χ2v) is 14.0. The molecule has 0 bridgehead atoms. The van der Waals surface area contributed by atoms with Crippen molar-refractivity contribution in [2.24, 2.45) is 10.2 Å². The number of anilines is 2. The predicted molar refractivity (Wildman–Crippen MR) is 185 cm³/mol. The lowest BCUT2D eigenvalue weighted by Crippen LogP contribution is -2.05. The highest BCUT2D eigenvalue weighted by Crippen LogP contribution is 2.48. The second-order valence-electron chi connectivity index (χ2n) is 11.3. The monoisotopic (exact) mass is 680 g/mol. The topological polar surface area (TPSA) is 233 Å². The van der Waals surface area contributed by atoms with Crippen LogP contribution >= 0.6 is 0 Å². The van der Waals surface area contributed by atoms with Gasteiger partial charge in [0.2, 0.25) is 0 Å². The number of hydrogen-bond acceptors (Lipinski definition) is 10. The normalized spacial score (nSPS) is 12.0. The van der Waals surface area contributed by atoms with Gasteiger partial charge in [0.25, 0.3) is 20.2 Å². The van der Waals surface area contributed by atoms with Crippen LogP contribution in [-0.2, 0) is 20.2 Å². The molecule has 0 unspecified atom stereocenters. The van der Waals surface area contributed by atoms with Crippen LogP contribution in [0.15, 0.2) is 105 Å². The standard InChI is InChI=1S/C34H28N6O6S2/c1-17-15-19(27-23-7-3-5-9-25(23)29(35)31(39-37)33(27)47(41,42)43)11-13-21(17)22-14-12-20(16-18(22)2)28-24-8-4-6-10-26(24)30(36)32(40-38)34(28)48(44,45)46/h3-16,37-38H,35-36H2,1-2H3,(H,41,42,43)(H,44,45,46). The molecule has 0 aliphatic rings. The van der Waals surface area contributed by atoms with E-state index in [1.807, 2.05) is 13.8 Å². The zero-order valence-electron chi connectivity index (χ0n) is 25.5. The third-order valence-electron chi connectivity index (χ3n) is 8.43. The minimum atomic E-state index is -4.87. The molecule has 0 radical (unpaired) electrons. The molecule has 6 aromatic rings. The maximum absolute atomic E-state index is 12.7. The summed E-state index contributed by atoms with van der Waals surface area (Å²) >= 11 is 0. The first-order valence-corrected chi connectivity index (χ1v) is 17.2. The van der Waals surface area contributed by atoms with Gasteiger partial charge in [-0.3, -0.25) is 9.11 Å². The highest BCUT2D eigenvalue weighted by Gasteiger charge is 2.29. The van der Waals surface area contributed by atoms with Gasteiger partial charge in [0, 0.05) is 21.9 Å². The molecule has 0 aliphatic carbocycles. The molecule has 14 heteroatoms. The smallest absolute Gasteiger partial charge is 0.297 e. The SMILES string of the molecule is Cc1cc(-c2c(S(=O)(=O)O)c(N=N)c(N)c3ccccc23)ccc1-c1ccc(-c2c(S(=O)(=O)O)c(N=N)c(N)c3ccccc23)cc1C. The molecule has 0 fully saturated rings. The number of benzene rings is 6. The number of hydrogen-bond donors (Lipinski definition) is 6. The van der Waals surface area contributed by atoms with Gasteiger partial charge in [0.05, 0.1) is 11.4 Å². The van der Waals surface area contributed by atoms with Gasteiger partial charge in [-0.1, -0.05) is 84.9 Å². The maximum Gasteiger partial charge on any atom is 0.297 e. The zero-order valence-corrected chi connectivity index (χ0v) is 27.1. The van der Waals surface area contributed by atoms with Crippen molar-refractivity contribution in [1.82, 2.24) is 0 Å². The molecule has 0 saturated heterocycles. The first-order chi connectivity index (χ1) is 22.7. The van der Waals surface area contributed by atoms with Crippen LogP contribution in [0.4, 0.5) is 22.7 Å². The van der Waals surface area contributed by atoms with Crippen LogP contribution in [0.5, 0.6) is 0 Å². The summed E-state index contributed by atoms with van der Waals surface area (Å²) < 4.78 is 71.2. The van der Waals surface area contributed by atoms with E-state index < -0.39 is 30.0 Å². The summed E-state index contributed by atoms with van der Waals surface area (Å²) in [6.07, 6.45) is 0. The molecule has 48 heavy (non-hydrogen) atoms. The lowest BCUT2D eigenvalue weighted by molar-refractivity contribution is 0.481. The minimum Gasteiger partial charge on any atom is -0.396 e. The van der Waals surface area contributed by atoms with Gasteiger partial charge in [0.1, 0.15) is 21.2 Å². The molecule has 0 saturated carbocycles. The van der Waals surface area contributed by atoms with Crippen molar-refractivity contribution in [2.75, 3.05) is 11.5 Å². The number of fused-ring (bicyclic) bond motifs is 2. The number of rotatable bonds is 7. The molecule has 12 nitrogen and oxygen atoms in total. The lowest BCUT2D eigenvalue weighted by atomic mass is 9.89. The second kappa shape index (κ2) is 11.6. The Balaban J connectivity index is 1.56.